The SMILES string of the molecule is Cc1cnc(N2CCN(C(=O)c3ccc(-n4c(C(C)C)c(O)n(C)c4=O)nc3)CC2)c(C)c1. The molecule has 9 nitrogen and oxygen atoms in total. The van der Waals surface area contributed by atoms with Crippen molar-refractivity contribution in [2.75, 3.05) is 31.1 Å². The molecule has 4 heterocycles. The number of nitrogens with zero attached hydrogens (tertiary/aromatic N) is 6. The van der Waals surface area contributed by atoms with Crippen LogP contribution in [-0.4, -0.2) is 61.2 Å². The summed E-state index contributed by atoms with van der Waals surface area (Å²) < 4.78 is 2.59. The molecule has 33 heavy (non-hydrogen) atoms. The Bertz CT molecular complexity index is 1230. The van der Waals surface area contributed by atoms with Crippen molar-refractivity contribution in [2.24, 2.45) is 7.05 Å². The number of anilines is 1. The standard InChI is InChI=1S/C24H30N6O3/c1-15(2)20-23(32)27(5)24(33)30(20)19-7-6-18(14-25-19)22(31)29-10-8-28(9-11-29)21-17(4)12-16(3)13-26-21/h6-7,12-15,32H,8-11H2,1-5H3. The van der Waals surface area contributed by atoms with Crippen LogP contribution in [0.4, 0.5) is 5.82 Å². The van der Waals surface area contributed by atoms with Crippen LogP contribution in [0, 0.1) is 13.8 Å². The van der Waals surface area contributed by atoms with E-state index in [9.17, 15) is 14.7 Å². The van der Waals surface area contributed by atoms with Gasteiger partial charge in [-0.25, -0.2) is 19.3 Å². The molecule has 0 atom stereocenters. The van der Waals surface area contributed by atoms with Crippen LogP contribution in [0.25, 0.3) is 5.82 Å². The summed E-state index contributed by atoms with van der Waals surface area (Å²) in [5.41, 5.74) is 2.85. The number of hydrogen-bond donors (Lipinski definition) is 1. The Morgan fingerprint density at radius 1 is 1.06 bits per heavy atom. The summed E-state index contributed by atoms with van der Waals surface area (Å²) in [6.45, 7) is 10.5. The molecule has 4 rings (SSSR count). The van der Waals surface area contributed by atoms with E-state index in [4.69, 9.17) is 0 Å². The highest BCUT2D eigenvalue weighted by atomic mass is 16.3. The van der Waals surface area contributed by atoms with Crippen molar-refractivity contribution in [1.29, 1.82) is 0 Å². The fraction of sp³-hybridized carbons (Fsp3) is 0.417. The number of aromatic nitrogens is 4. The number of amides is 1. The molecule has 1 N–H and O–H groups in total. The molecule has 0 radical (unpaired) electrons. The molecule has 174 valence electrons. The minimum absolute atomic E-state index is 0.0758. The van der Waals surface area contributed by atoms with Crippen LogP contribution >= 0.6 is 0 Å². The normalized spacial score (nSPS) is 14.2. The molecule has 0 aliphatic carbocycles. The zero-order valence-electron chi connectivity index (χ0n) is 19.7. The third kappa shape index (κ3) is 4.10. The number of pyridine rings is 2. The van der Waals surface area contributed by atoms with Gasteiger partial charge < -0.3 is 14.9 Å². The minimum atomic E-state index is -0.376. The first-order chi connectivity index (χ1) is 15.7. The molecule has 0 saturated carbocycles. The predicted octanol–water partition coefficient (Wildman–Crippen LogP) is 2.37. The fourth-order valence-corrected chi connectivity index (χ4v) is 4.34. The second kappa shape index (κ2) is 8.73. The third-order valence-electron chi connectivity index (χ3n) is 6.09. The summed E-state index contributed by atoms with van der Waals surface area (Å²) in [4.78, 5) is 38.6. The molecule has 1 fully saturated rings. The van der Waals surface area contributed by atoms with Crippen molar-refractivity contribution in [3.05, 3.63) is 63.5 Å². The number of aromatic hydroxyl groups is 1. The average molecular weight is 451 g/mol. The quantitative estimate of drug-likeness (QED) is 0.656. The Hall–Kier alpha value is -3.62. The van der Waals surface area contributed by atoms with Gasteiger partial charge in [0.2, 0.25) is 5.88 Å². The Kier molecular flexibility index (Phi) is 5.97. The number of hydrogen-bond acceptors (Lipinski definition) is 6. The molecular weight excluding hydrogens is 420 g/mol. The van der Waals surface area contributed by atoms with Gasteiger partial charge in [0, 0.05) is 45.6 Å². The van der Waals surface area contributed by atoms with Crippen LogP contribution in [0.15, 0.2) is 35.4 Å². The Morgan fingerprint density at radius 3 is 2.33 bits per heavy atom. The van der Waals surface area contributed by atoms with Gasteiger partial charge in [-0.1, -0.05) is 19.9 Å². The lowest BCUT2D eigenvalue weighted by atomic mass is 10.1. The van der Waals surface area contributed by atoms with E-state index in [1.165, 1.54) is 22.4 Å². The number of carbonyl (C=O) groups is 1. The van der Waals surface area contributed by atoms with Gasteiger partial charge in [-0.15, -0.1) is 0 Å². The molecule has 9 heteroatoms. The molecule has 0 aromatic carbocycles. The first-order valence-corrected chi connectivity index (χ1v) is 11.1. The van der Waals surface area contributed by atoms with E-state index in [0.29, 0.717) is 43.3 Å². The van der Waals surface area contributed by atoms with E-state index in [0.717, 1.165) is 16.9 Å². The van der Waals surface area contributed by atoms with Gasteiger partial charge in [-0.3, -0.25) is 9.36 Å². The van der Waals surface area contributed by atoms with Crippen molar-refractivity contribution in [1.82, 2.24) is 24.0 Å². The topological polar surface area (TPSA) is 96.5 Å². The Morgan fingerprint density at radius 2 is 1.76 bits per heavy atom. The van der Waals surface area contributed by atoms with Crippen LogP contribution in [0.3, 0.4) is 0 Å². The van der Waals surface area contributed by atoms with Gasteiger partial charge in [-0.05, 0) is 43.0 Å². The summed E-state index contributed by atoms with van der Waals surface area (Å²) in [5, 5.41) is 10.3. The van der Waals surface area contributed by atoms with Gasteiger partial charge in [0.25, 0.3) is 5.91 Å². The molecule has 0 unspecified atom stereocenters. The smallest absolute Gasteiger partial charge is 0.336 e. The number of carbonyl (C=O) groups excluding carboxylic acids is 1. The first-order valence-electron chi connectivity index (χ1n) is 11.1. The van der Waals surface area contributed by atoms with Gasteiger partial charge in [0.1, 0.15) is 11.6 Å². The number of aryl methyl sites for hydroxylation is 2. The minimum Gasteiger partial charge on any atom is -0.493 e. The molecule has 0 bridgehead atoms. The summed E-state index contributed by atoms with van der Waals surface area (Å²) >= 11 is 0. The Balaban J connectivity index is 1.49. The Labute approximate surface area is 192 Å². The van der Waals surface area contributed by atoms with Gasteiger partial charge in [0.15, 0.2) is 0 Å². The number of imidazole rings is 1. The maximum atomic E-state index is 13.0. The highest BCUT2D eigenvalue weighted by Gasteiger charge is 2.25. The summed E-state index contributed by atoms with van der Waals surface area (Å²) in [7, 11) is 1.52. The molecule has 1 aliphatic rings. The lowest BCUT2D eigenvalue weighted by Crippen LogP contribution is -2.49. The molecular formula is C24H30N6O3. The maximum Gasteiger partial charge on any atom is 0.336 e. The second-order valence-corrected chi connectivity index (χ2v) is 8.88. The van der Waals surface area contributed by atoms with E-state index in [1.54, 1.807) is 12.1 Å². The number of piperazine rings is 1. The lowest BCUT2D eigenvalue weighted by molar-refractivity contribution is 0.0746. The van der Waals surface area contributed by atoms with E-state index in [1.807, 2.05) is 31.9 Å². The van der Waals surface area contributed by atoms with Gasteiger partial charge in [-0.2, -0.15) is 0 Å². The van der Waals surface area contributed by atoms with E-state index >= 15 is 0 Å². The van der Waals surface area contributed by atoms with Crippen molar-refractivity contribution < 1.29 is 9.90 Å². The molecule has 3 aromatic heterocycles. The second-order valence-electron chi connectivity index (χ2n) is 8.88. The van der Waals surface area contributed by atoms with Crippen molar-refractivity contribution >= 4 is 11.7 Å². The lowest BCUT2D eigenvalue weighted by Gasteiger charge is -2.36. The van der Waals surface area contributed by atoms with Crippen molar-refractivity contribution in [3.8, 4) is 11.7 Å². The summed E-state index contributed by atoms with van der Waals surface area (Å²) in [6.07, 6.45) is 3.37. The number of rotatable bonds is 4. The predicted molar refractivity (Wildman–Crippen MR) is 126 cm³/mol. The van der Waals surface area contributed by atoms with Crippen LogP contribution in [-0.2, 0) is 7.05 Å². The third-order valence-corrected chi connectivity index (χ3v) is 6.09. The largest absolute Gasteiger partial charge is 0.493 e. The molecule has 1 amide bonds. The van der Waals surface area contributed by atoms with E-state index in [2.05, 4.69) is 27.9 Å². The highest BCUT2D eigenvalue weighted by Crippen LogP contribution is 2.26. The molecule has 1 aliphatic heterocycles. The van der Waals surface area contributed by atoms with Crippen LogP contribution in [0.5, 0.6) is 5.88 Å². The van der Waals surface area contributed by atoms with Gasteiger partial charge >= 0.3 is 5.69 Å². The highest BCUT2D eigenvalue weighted by molar-refractivity contribution is 5.94. The maximum absolute atomic E-state index is 13.0. The van der Waals surface area contributed by atoms with Crippen LogP contribution < -0.4 is 10.6 Å². The zero-order valence-corrected chi connectivity index (χ0v) is 19.7. The molecule has 3 aromatic rings. The van der Waals surface area contributed by atoms with Crippen molar-refractivity contribution in [2.45, 2.75) is 33.6 Å². The average Bonchev–Trinajstić information content (AvgIpc) is 3.03. The van der Waals surface area contributed by atoms with E-state index in [-0.39, 0.29) is 23.4 Å². The monoisotopic (exact) mass is 450 g/mol. The van der Waals surface area contributed by atoms with Crippen LogP contribution in [0.1, 0.15) is 46.9 Å². The fourth-order valence-electron chi connectivity index (χ4n) is 4.34. The van der Waals surface area contributed by atoms with Crippen LogP contribution in [0.2, 0.25) is 0 Å². The molecule has 0 spiro atoms. The van der Waals surface area contributed by atoms with Crippen molar-refractivity contribution in [3.63, 3.8) is 0 Å². The first kappa shape index (κ1) is 22.6. The van der Waals surface area contributed by atoms with E-state index < -0.39 is 0 Å². The van der Waals surface area contributed by atoms with Gasteiger partial charge in [0.05, 0.1) is 11.3 Å². The zero-order chi connectivity index (χ0) is 23.9. The summed E-state index contributed by atoms with van der Waals surface area (Å²) in [5.74, 6) is 1.10. The summed E-state index contributed by atoms with van der Waals surface area (Å²) in [6, 6.07) is 5.45. The molecule has 1 saturated heterocycles.